The lowest BCUT2D eigenvalue weighted by Crippen LogP contribution is -2.77. The van der Waals surface area contributed by atoms with Gasteiger partial charge >= 0.3 is 0 Å². The van der Waals surface area contributed by atoms with Crippen molar-refractivity contribution in [3.63, 3.8) is 0 Å². The van der Waals surface area contributed by atoms with Crippen LogP contribution in [0.4, 0.5) is 0 Å². The maximum Gasteiger partial charge on any atom is 0.236 e. The maximum absolute atomic E-state index is 12.3. The van der Waals surface area contributed by atoms with Gasteiger partial charge in [0.15, 0.2) is 0 Å². The second-order valence-electron chi connectivity index (χ2n) is 8.18. The van der Waals surface area contributed by atoms with Crippen molar-refractivity contribution in [3.8, 4) is 0 Å². The molecule has 1 saturated heterocycles. The van der Waals surface area contributed by atoms with Crippen molar-refractivity contribution in [3.05, 3.63) is 0 Å². The quantitative estimate of drug-likeness (QED) is 0.805. The van der Waals surface area contributed by atoms with Gasteiger partial charge in [-0.15, -0.1) is 0 Å². The summed E-state index contributed by atoms with van der Waals surface area (Å²) in [6, 6.07) is 0. The number of nitrogens with one attached hydrogen (secondary N) is 1. The minimum atomic E-state index is -0.417. The highest BCUT2D eigenvalue weighted by Gasteiger charge is 2.83. The van der Waals surface area contributed by atoms with Crippen LogP contribution in [0, 0.1) is 17.3 Å². The maximum atomic E-state index is 12.3. The summed E-state index contributed by atoms with van der Waals surface area (Å²) in [7, 11) is 0. The molecule has 4 saturated carbocycles. The van der Waals surface area contributed by atoms with Gasteiger partial charge in [0.1, 0.15) is 0 Å². The first-order valence-electron chi connectivity index (χ1n) is 8.32. The summed E-state index contributed by atoms with van der Waals surface area (Å²) in [5, 5.41) is 14.3. The Balaban J connectivity index is 1.32. The molecule has 0 aromatic carbocycles. The van der Waals surface area contributed by atoms with E-state index >= 15 is 0 Å². The van der Waals surface area contributed by atoms with Crippen molar-refractivity contribution in [1.82, 2.24) is 10.2 Å². The van der Waals surface area contributed by atoms with Gasteiger partial charge in [-0.05, 0) is 62.2 Å². The zero-order chi connectivity index (χ0) is 13.6. The lowest BCUT2D eigenvalue weighted by Gasteiger charge is -2.73. The number of rotatable bonds is 3. The molecule has 20 heavy (non-hydrogen) atoms. The van der Waals surface area contributed by atoms with Crippen molar-refractivity contribution >= 4 is 5.91 Å². The third-order valence-electron chi connectivity index (χ3n) is 7.43. The van der Waals surface area contributed by atoms with E-state index in [1.807, 2.05) is 4.90 Å². The van der Waals surface area contributed by atoms with Crippen LogP contribution in [0.5, 0.6) is 0 Å². The van der Waals surface area contributed by atoms with Gasteiger partial charge in [-0.25, -0.2) is 0 Å². The largest absolute Gasteiger partial charge is 0.390 e. The lowest BCUT2D eigenvalue weighted by molar-refractivity contribution is -0.211. The van der Waals surface area contributed by atoms with Crippen LogP contribution in [0.15, 0.2) is 0 Å². The predicted octanol–water partition coefficient (Wildman–Crippen LogP) is 0.892. The number of likely N-dealkylation sites (tertiary alicyclic amines) is 1. The van der Waals surface area contributed by atoms with Gasteiger partial charge in [-0.2, -0.15) is 0 Å². The number of carbonyl (C=O) groups is 1. The van der Waals surface area contributed by atoms with E-state index in [4.69, 9.17) is 0 Å². The normalized spacial score (nSPS) is 54.5. The van der Waals surface area contributed by atoms with Gasteiger partial charge in [-0.3, -0.25) is 4.79 Å². The van der Waals surface area contributed by atoms with Gasteiger partial charge in [0.25, 0.3) is 0 Å². The molecule has 1 aliphatic heterocycles. The van der Waals surface area contributed by atoms with E-state index in [1.165, 1.54) is 12.8 Å². The second kappa shape index (κ2) is 3.41. The Morgan fingerprint density at radius 1 is 1.20 bits per heavy atom. The first-order chi connectivity index (χ1) is 9.57. The highest BCUT2D eigenvalue weighted by Crippen LogP contribution is 2.83. The molecule has 0 aromatic rings. The van der Waals surface area contributed by atoms with Crippen LogP contribution in [0.2, 0.25) is 0 Å². The fourth-order valence-corrected chi connectivity index (χ4v) is 6.82. The summed E-state index contributed by atoms with van der Waals surface area (Å²) in [4.78, 5) is 14.3. The highest BCUT2D eigenvalue weighted by atomic mass is 16.3. The third-order valence-corrected chi connectivity index (χ3v) is 7.43. The zero-order valence-corrected chi connectivity index (χ0v) is 12.0. The average Bonchev–Trinajstić information content (AvgIpc) is 3.04. The van der Waals surface area contributed by atoms with Crippen LogP contribution in [0.1, 0.15) is 44.9 Å². The molecule has 5 atom stereocenters. The average molecular weight is 276 g/mol. The SMILES string of the molecule is O=C(CNC12CC3CC4CC(O)(C1)CC432)N1CCCC1. The van der Waals surface area contributed by atoms with E-state index in [9.17, 15) is 9.90 Å². The lowest BCUT2D eigenvalue weighted by atomic mass is 9.35. The van der Waals surface area contributed by atoms with Crippen molar-refractivity contribution in [2.45, 2.75) is 56.1 Å². The van der Waals surface area contributed by atoms with E-state index in [0.717, 1.165) is 57.0 Å². The Morgan fingerprint density at radius 3 is 2.65 bits per heavy atom. The van der Waals surface area contributed by atoms with Crippen molar-refractivity contribution in [2.75, 3.05) is 19.6 Å². The van der Waals surface area contributed by atoms with E-state index < -0.39 is 5.60 Å². The van der Waals surface area contributed by atoms with Crippen molar-refractivity contribution in [1.29, 1.82) is 0 Å². The second-order valence-corrected chi connectivity index (χ2v) is 8.18. The topological polar surface area (TPSA) is 52.6 Å². The summed E-state index contributed by atoms with van der Waals surface area (Å²) < 4.78 is 0. The molecule has 2 bridgehead atoms. The molecule has 5 rings (SSSR count). The standard InChI is InChI=1S/C16H24N2O2/c19-13(18-3-1-2-4-18)8-17-15-7-12-5-11-6-14(20,9-15)10-16(11,12)15/h11-12,17,20H,1-10H2. The van der Waals surface area contributed by atoms with Gasteiger partial charge in [0.2, 0.25) is 5.91 Å². The first-order valence-corrected chi connectivity index (χ1v) is 8.32. The molecule has 0 aromatic heterocycles. The molecule has 5 fully saturated rings. The molecular weight excluding hydrogens is 252 g/mol. The molecule has 4 heteroatoms. The number of hydrogen-bond donors (Lipinski definition) is 2. The van der Waals surface area contributed by atoms with Crippen molar-refractivity contribution < 1.29 is 9.90 Å². The van der Waals surface area contributed by atoms with Gasteiger partial charge in [0.05, 0.1) is 12.1 Å². The van der Waals surface area contributed by atoms with Crippen LogP contribution in [0.25, 0.3) is 0 Å². The fraction of sp³-hybridized carbons (Fsp3) is 0.938. The molecule has 110 valence electrons. The molecule has 0 radical (unpaired) electrons. The molecule has 1 heterocycles. The van der Waals surface area contributed by atoms with E-state index in [1.54, 1.807) is 0 Å². The first kappa shape index (κ1) is 12.0. The van der Waals surface area contributed by atoms with Crippen LogP contribution in [-0.4, -0.2) is 46.7 Å². The van der Waals surface area contributed by atoms with E-state index in [-0.39, 0.29) is 11.4 Å². The van der Waals surface area contributed by atoms with Crippen LogP contribution in [0.3, 0.4) is 0 Å². The van der Waals surface area contributed by atoms with Crippen LogP contribution >= 0.6 is 0 Å². The monoisotopic (exact) mass is 276 g/mol. The molecule has 4 aliphatic carbocycles. The number of nitrogens with zero attached hydrogens (tertiary/aromatic N) is 1. The van der Waals surface area contributed by atoms with Gasteiger partial charge in [0, 0.05) is 18.6 Å². The molecular formula is C16H24N2O2. The molecule has 5 aliphatic rings. The minimum absolute atomic E-state index is 0.100. The Labute approximate surface area is 119 Å². The minimum Gasteiger partial charge on any atom is -0.390 e. The fourth-order valence-electron chi connectivity index (χ4n) is 6.82. The number of fused-ring (bicyclic) bond motifs is 1. The summed E-state index contributed by atoms with van der Waals surface area (Å²) in [5.74, 6) is 1.83. The van der Waals surface area contributed by atoms with Crippen LogP contribution < -0.4 is 5.32 Å². The Kier molecular flexibility index (Phi) is 2.04. The predicted molar refractivity (Wildman–Crippen MR) is 74.0 cm³/mol. The summed E-state index contributed by atoms with van der Waals surface area (Å²) in [6.07, 6.45) is 7.74. The Bertz CT molecular complexity index is 489. The van der Waals surface area contributed by atoms with E-state index in [2.05, 4.69) is 5.32 Å². The Hall–Kier alpha value is -0.610. The number of amides is 1. The molecule has 5 unspecified atom stereocenters. The number of carbonyl (C=O) groups excluding carboxylic acids is 1. The summed E-state index contributed by atoms with van der Waals surface area (Å²) in [5.41, 5.74) is 0.0512. The van der Waals surface area contributed by atoms with Gasteiger partial charge in [-0.1, -0.05) is 0 Å². The third kappa shape index (κ3) is 1.16. The molecule has 1 amide bonds. The van der Waals surface area contributed by atoms with Crippen LogP contribution in [-0.2, 0) is 4.79 Å². The Morgan fingerprint density at radius 2 is 1.95 bits per heavy atom. The van der Waals surface area contributed by atoms with Crippen molar-refractivity contribution in [2.24, 2.45) is 17.3 Å². The highest BCUT2D eigenvalue weighted by molar-refractivity contribution is 5.78. The van der Waals surface area contributed by atoms with Gasteiger partial charge < -0.3 is 15.3 Å². The number of aliphatic hydroxyl groups is 1. The van der Waals surface area contributed by atoms with E-state index in [0.29, 0.717) is 12.0 Å². The summed E-state index contributed by atoms with van der Waals surface area (Å²) >= 11 is 0. The zero-order valence-electron chi connectivity index (χ0n) is 12.0. The number of hydrogen-bond acceptors (Lipinski definition) is 3. The molecule has 4 nitrogen and oxygen atoms in total. The molecule has 1 spiro atoms. The molecule has 2 N–H and O–H groups in total. The summed E-state index contributed by atoms with van der Waals surface area (Å²) in [6.45, 7) is 2.36. The smallest absolute Gasteiger partial charge is 0.236 e.